The third kappa shape index (κ3) is 1.01. The minimum atomic E-state index is 0.941. The lowest BCUT2D eigenvalue weighted by Crippen LogP contribution is -2.28. The second kappa shape index (κ2) is 2.83. The molecular weight excluding hydrogens is 170 g/mol. The quantitative estimate of drug-likeness (QED) is 0.493. The Bertz CT molecular complexity index is 408. The highest BCUT2D eigenvalue weighted by Gasteiger charge is 2.16. The number of benzene rings is 1. The first-order chi connectivity index (χ1) is 5.83. The van der Waals surface area contributed by atoms with Gasteiger partial charge in [0.1, 0.15) is 7.05 Å². The zero-order chi connectivity index (χ0) is 8.55. The third-order valence-electron chi connectivity index (χ3n) is 1.87. The molecule has 2 nitrogen and oxygen atoms in total. The fraction of sp³-hybridized carbons (Fsp3) is 0.222. The summed E-state index contributed by atoms with van der Waals surface area (Å²) in [5.41, 5.74) is 2.09. The maximum Gasteiger partial charge on any atom is 0.411 e. The van der Waals surface area contributed by atoms with E-state index in [0.717, 1.165) is 16.3 Å². The van der Waals surface area contributed by atoms with E-state index in [1.54, 1.807) is 11.8 Å². The minimum absolute atomic E-state index is 0.941. The van der Waals surface area contributed by atoms with Crippen molar-refractivity contribution < 1.29 is 8.98 Å². The highest BCUT2D eigenvalue weighted by atomic mass is 32.2. The predicted molar refractivity (Wildman–Crippen MR) is 49.2 cm³/mol. The summed E-state index contributed by atoms with van der Waals surface area (Å²) in [5, 5.41) is 0.941. The maximum atomic E-state index is 5.57. The molecule has 2 rings (SSSR count). The number of nitrogens with zero attached hydrogens (tertiary/aromatic N) is 1. The van der Waals surface area contributed by atoms with Crippen molar-refractivity contribution in [2.75, 3.05) is 6.26 Å². The van der Waals surface area contributed by atoms with Crippen LogP contribution in [-0.4, -0.2) is 6.26 Å². The number of hydrogen-bond acceptors (Lipinski definition) is 2. The van der Waals surface area contributed by atoms with Crippen molar-refractivity contribution in [1.29, 1.82) is 0 Å². The van der Waals surface area contributed by atoms with Gasteiger partial charge in [0.15, 0.2) is 0 Å². The molecule has 0 saturated heterocycles. The summed E-state index contributed by atoms with van der Waals surface area (Å²) in [6.45, 7) is 0. The number of fused-ring (bicyclic) bond motifs is 1. The van der Waals surface area contributed by atoms with Gasteiger partial charge < -0.3 is 4.42 Å². The lowest BCUT2D eigenvalue weighted by Gasteiger charge is -1.81. The second-order valence-electron chi connectivity index (χ2n) is 2.60. The summed E-state index contributed by atoms with van der Waals surface area (Å²) in [4.78, 5) is 0. The monoisotopic (exact) mass is 180 g/mol. The van der Waals surface area contributed by atoms with Crippen LogP contribution in [0.4, 0.5) is 0 Å². The molecule has 2 aromatic rings. The molecule has 1 aromatic heterocycles. The average Bonchev–Trinajstić information content (AvgIpc) is 2.44. The molecule has 0 saturated carbocycles. The third-order valence-corrected chi connectivity index (χ3v) is 2.58. The van der Waals surface area contributed by atoms with Gasteiger partial charge in [-0.1, -0.05) is 12.1 Å². The zero-order valence-electron chi connectivity index (χ0n) is 7.07. The Morgan fingerprint density at radius 3 is 2.75 bits per heavy atom. The van der Waals surface area contributed by atoms with Gasteiger partial charge in [-0.05, 0) is 24.1 Å². The average molecular weight is 180 g/mol. The van der Waals surface area contributed by atoms with Crippen molar-refractivity contribution in [3.8, 4) is 0 Å². The van der Waals surface area contributed by atoms with Crippen LogP contribution in [0.1, 0.15) is 0 Å². The summed E-state index contributed by atoms with van der Waals surface area (Å²) in [5.74, 6) is 0. The molecule has 0 N–H and O–H groups in total. The van der Waals surface area contributed by atoms with Crippen molar-refractivity contribution in [1.82, 2.24) is 0 Å². The standard InChI is InChI=1S/C9H10NOS/c1-10-7-5-3-4-6-8(7)11-9(10)12-2/h3-6H,1-2H3/q+1. The molecule has 62 valence electrons. The number of thioether (sulfide) groups is 1. The van der Waals surface area contributed by atoms with Gasteiger partial charge in [-0.2, -0.15) is 4.57 Å². The van der Waals surface area contributed by atoms with Crippen LogP contribution < -0.4 is 4.57 Å². The van der Waals surface area contributed by atoms with Gasteiger partial charge in [0, 0.05) is 6.07 Å². The van der Waals surface area contributed by atoms with Crippen LogP contribution in [0.5, 0.6) is 0 Å². The lowest BCUT2D eigenvalue weighted by atomic mass is 10.3. The Morgan fingerprint density at radius 1 is 1.33 bits per heavy atom. The summed E-state index contributed by atoms with van der Waals surface area (Å²) in [7, 11) is 2.01. The van der Waals surface area contributed by atoms with Crippen molar-refractivity contribution in [3.05, 3.63) is 24.3 Å². The van der Waals surface area contributed by atoms with Gasteiger partial charge in [-0.25, -0.2) is 0 Å². The van der Waals surface area contributed by atoms with Crippen LogP contribution in [0, 0.1) is 0 Å². The van der Waals surface area contributed by atoms with Crippen LogP contribution in [0.25, 0.3) is 11.1 Å². The Morgan fingerprint density at radius 2 is 2.08 bits per heavy atom. The van der Waals surface area contributed by atoms with E-state index < -0.39 is 0 Å². The molecule has 0 aliphatic heterocycles. The lowest BCUT2D eigenvalue weighted by molar-refractivity contribution is -0.692. The van der Waals surface area contributed by atoms with Gasteiger partial charge in [-0.3, -0.25) is 0 Å². The van der Waals surface area contributed by atoms with Gasteiger partial charge >= 0.3 is 5.22 Å². The number of aryl methyl sites for hydroxylation is 1. The Labute approximate surface area is 75.2 Å². The topological polar surface area (TPSA) is 17.0 Å². The molecule has 3 heteroatoms. The number of hydrogen-bond donors (Lipinski definition) is 0. The fourth-order valence-electron chi connectivity index (χ4n) is 1.26. The molecule has 0 radical (unpaired) electrons. The van der Waals surface area contributed by atoms with Crippen LogP contribution in [0.2, 0.25) is 0 Å². The molecule has 0 amide bonds. The molecule has 0 fully saturated rings. The first-order valence-electron chi connectivity index (χ1n) is 3.74. The van der Waals surface area contributed by atoms with E-state index in [-0.39, 0.29) is 0 Å². The van der Waals surface area contributed by atoms with Crippen molar-refractivity contribution in [2.45, 2.75) is 5.22 Å². The molecule has 12 heavy (non-hydrogen) atoms. The summed E-state index contributed by atoms with van der Waals surface area (Å²) in [6, 6.07) is 8.03. The first kappa shape index (κ1) is 7.68. The highest BCUT2D eigenvalue weighted by Crippen LogP contribution is 2.18. The normalized spacial score (nSPS) is 10.8. The van der Waals surface area contributed by atoms with Crippen LogP contribution in [0.3, 0.4) is 0 Å². The predicted octanol–water partition coefficient (Wildman–Crippen LogP) is 1.98. The largest absolute Gasteiger partial charge is 0.411 e. The van der Waals surface area contributed by atoms with Gasteiger partial charge in [0.25, 0.3) is 5.52 Å². The van der Waals surface area contributed by atoms with Gasteiger partial charge in [0.05, 0.1) is 0 Å². The fourth-order valence-corrected chi connectivity index (χ4v) is 1.81. The number of aromatic nitrogens is 1. The molecule has 0 unspecified atom stereocenters. The number of oxazole rings is 1. The number of para-hydroxylation sites is 2. The highest BCUT2D eigenvalue weighted by molar-refractivity contribution is 7.98. The molecule has 0 aliphatic rings. The summed E-state index contributed by atoms with van der Waals surface area (Å²) in [6.07, 6.45) is 2.01. The van der Waals surface area contributed by atoms with Crippen molar-refractivity contribution in [2.24, 2.45) is 7.05 Å². The van der Waals surface area contributed by atoms with Crippen molar-refractivity contribution >= 4 is 22.9 Å². The molecule has 0 bridgehead atoms. The first-order valence-corrected chi connectivity index (χ1v) is 4.97. The van der Waals surface area contributed by atoms with E-state index in [0.29, 0.717) is 0 Å². The molecule has 0 spiro atoms. The SMILES string of the molecule is CSc1oc2ccccc2[n+]1C. The van der Waals surface area contributed by atoms with Gasteiger partial charge in [0.2, 0.25) is 5.58 Å². The van der Waals surface area contributed by atoms with Crippen molar-refractivity contribution in [3.63, 3.8) is 0 Å². The van der Waals surface area contributed by atoms with Crippen LogP contribution in [-0.2, 0) is 7.05 Å². The van der Waals surface area contributed by atoms with E-state index in [4.69, 9.17) is 4.42 Å². The molecule has 0 aliphatic carbocycles. The van der Waals surface area contributed by atoms with Gasteiger partial charge in [-0.15, -0.1) is 0 Å². The van der Waals surface area contributed by atoms with E-state index in [1.807, 2.05) is 31.5 Å². The van der Waals surface area contributed by atoms with Crippen LogP contribution >= 0.6 is 11.8 Å². The molecule has 1 heterocycles. The zero-order valence-corrected chi connectivity index (χ0v) is 7.89. The van der Waals surface area contributed by atoms with E-state index in [9.17, 15) is 0 Å². The molecule has 0 atom stereocenters. The molecule has 1 aromatic carbocycles. The Balaban J connectivity index is 2.78. The maximum absolute atomic E-state index is 5.57. The Hall–Kier alpha value is -0.960. The minimum Gasteiger partial charge on any atom is -0.393 e. The van der Waals surface area contributed by atoms with E-state index in [1.165, 1.54) is 0 Å². The van der Waals surface area contributed by atoms with E-state index in [2.05, 4.69) is 10.6 Å². The second-order valence-corrected chi connectivity index (χ2v) is 3.36. The Kier molecular flexibility index (Phi) is 1.81. The van der Waals surface area contributed by atoms with Crippen LogP contribution in [0.15, 0.2) is 33.9 Å². The van der Waals surface area contributed by atoms with E-state index >= 15 is 0 Å². The smallest absolute Gasteiger partial charge is 0.393 e. The summed E-state index contributed by atoms with van der Waals surface area (Å²) >= 11 is 1.62. The summed E-state index contributed by atoms with van der Waals surface area (Å²) < 4.78 is 7.63. The molecular formula is C9H10NOS+. The number of rotatable bonds is 1.